The van der Waals surface area contributed by atoms with Gasteiger partial charge in [0.15, 0.2) is 0 Å². The van der Waals surface area contributed by atoms with Crippen LogP contribution in [0.3, 0.4) is 0 Å². The van der Waals surface area contributed by atoms with E-state index in [1.165, 1.54) is 0 Å². The molecule has 12 aromatic rings. The van der Waals surface area contributed by atoms with Crippen LogP contribution in [0.15, 0.2) is 243 Å². The molecule has 0 heterocycles. The van der Waals surface area contributed by atoms with Gasteiger partial charge in [0.1, 0.15) is 24.7 Å². The number of rotatable bonds is 12. The molecule has 0 radical (unpaired) electrons. The van der Waals surface area contributed by atoms with Gasteiger partial charge < -0.3 is 19.7 Å². The highest BCUT2D eigenvalue weighted by Crippen LogP contribution is 2.60. The second-order valence-corrected chi connectivity index (χ2v) is 18.9. The van der Waals surface area contributed by atoms with E-state index >= 15 is 0 Å². The second-order valence-electron chi connectivity index (χ2n) is 18.9. The molecule has 4 nitrogen and oxygen atoms in total. The summed E-state index contributed by atoms with van der Waals surface area (Å²) in [4.78, 5) is 0. The van der Waals surface area contributed by atoms with Crippen molar-refractivity contribution in [2.75, 3.05) is 26.4 Å². The average Bonchev–Trinajstić information content (AvgIpc) is 3.77. The standard InChI is InChI=1S/C69H50O4/c70-37-39-72-67-61(55-31-13-21-45-17-1-5-25-51(45)55)41-49(42-62(67)56-32-14-22-46-18-2-6-26-52(46)56)69(65-35-11-9-29-59(65)60-30-10-12-36-66(60)69)50-43-63(57-33-15-23-47-19-3-7-27-53(47)57)68(73-40-38-71)64(44-50)58-34-16-24-48-20-4-8-28-54(48)58/h1-36,41-44,70-71H,37-40H2. The summed E-state index contributed by atoms with van der Waals surface area (Å²) in [5.74, 6) is 1.42. The predicted octanol–water partition coefficient (Wildman–Crippen LogP) is 16.1. The van der Waals surface area contributed by atoms with Crippen LogP contribution in [0.5, 0.6) is 11.5 Å². The van der Waals surface area contributed by atoms with E-state index in [4.69, 9.17) is 9.47 Å². The molecule has 2 N–H and O–H groups in total. The van der Waals surface area contributed by atoms with Crippen LogP contribution < -0.4 is 9.47 Å². The van der Waals surface area contributed by atoms with Gasteiger partial charge in [0.2, 0.25) is 0 Å². The smallest absolute Gasteiger partial charge is 0.135 e. The second kappa shape index (κ2) is 18.4. The zero-order valence-electron chi connectivity index (χ0n) is 40.1. The lowest BCUT2D eigenvalue weighted by Gasteiger charge is -2.36. The van der Waals surface area contributed by atoms with Gasteiger partial charge in [-0.25, -0.2) is 0 Å². The van der Waals surface area contributed by atoms with E-state index in [9.17, 15) is 10.2 Å². The number of aliphatic hydroxyl groups excluding tert-OH is 2. The van der Waals surface area contributed by atoms with Crippen molar-refractivity contribution in [3.8, 4) is 67.1 Å². The van der Waals surface area contributed by atoms with Crippen molar-refractivity contribution in [3.05, 3.63) is 265 Å². The van der Waals surface area contributed by atoms with E-state index in [0.29, 0.717) is 11.5 Å². The van der Waals surface area contributed by atoms with Crippen molar-refractivity contribution in [3.63, 3.8) is 0 Å². The minimum atomic E-state index is -0.935. The number of hydrogen-bond donors (Lipinski definition) is 2. The van der Waals surface area contributed by atoms with Crippen molar-refractivity contribution in [2.45, 2.75) is 5.41 Å². The summed E-state index contributed by atoms with van der Waals surface area (Å²) >= 11 is 0. The number of benzene rings is 12. The molecule has 0 atom stereocenters. The third-order valence-corrected chi connectivity index (χ3v) is 15.0. The molecule has 0 amide bonds. The Morgan fingerprint density at radius 2 is 0.534 bits per heavy atom. The quantitative estimate of drug-likeness (QED) is 0.128. The van der Waals surface area contributed by atoms with Crippen LogP contribution in [0.1, 0.15) is 22.3 Å². The molecule has 12 aromatic carbocycles. The topological polar surface area (TPSA) is 58.9 Å². The van der Waals surface area contributed by atoms with E-state index in [0.717, 1.165) is 121 Å². The Hall–Kier alpha value is -8.80. The average molecular weight is 943 g/mol. The van der Waals surface area contributed by atoms with Gasteiger partial charge in [0, 0.05) is 22.3 Å². The van der Waals surface area contributed by atoms with Crippen molar-refractivity contribution in [2.24, 2.45) is 0 Å². The van der Waals surface area contributed by atoms with Crippen molar-refractivity contribution >= 4 is 43.1 Å². The van der Waals surface area contributed by atoms with Crippen molar-refractivity contribution in [1.29, 1.82) is 0 Å². The molecule has 0 saturated heterocycles. The van der Waals surface area contributed by atoms with Crippen molar-refractivity contribution in [1.82, 2.24) is 0 Å². The molecule has 0 saturated carbocycles. The SMILES string of the molecule is OCCOc1c(-c2cccc3ccccc23)cc(C2(c3cc(-c4cccc5ccccc45)c(OCCO)c(-c4cccc5ccccc45)c3)c3ccccc3-c3ccccc32)cc1-c1cccc2ccccc12. The molecule has 0 fully saturated rings. The van der Waals surface area contributed by atoms with Crippen LogP contribution in [0.4, 0.5) is 0 Å². The lowest BCUT2D eigenvalue weighted by Crippen LogP contribution is -2.29. The number of hydrogen-bond acceptors (Lipinski definition) is 4. The third kappa shape index (κ3) is 7.21. The summed E-state index contributed by atoms with van der Waals surface area (Å²) in [7, 11) is 0. The molecule has 0 unspecified atom stereocenters. The normalized spacial score (nSPS) is 12.6. The zero-order chi connectivity index (χ0) is 48.9. The van der Waals surface area contributed by atoms with Crippen LogP contribution in [0.25, 0.3) is 98.7 Å². The van der Waals surface area contributed by atoms with E-state index in [1.54, 1.807) is 0 Å². The van der Waals surface area contributed by atoms with Gasteiger partial charge in [-0.1, -0.05) is 218 Å². The van der Waals surface area contributed by atoms with Crippen LogP contribution in [0.2, 0.25) is 0 Å². The summed E-state index contributed by atoms with van der Waals surface area (Å²) in [5, 5.41) is 29.9. The number of aliphatic hydroxyl groups is 2. The maximum absolute atomic E-state index is 10.5. The first-order valence-electron chi connectivity index (χ1n) is 25.1. The highest BCUT2D eigenvalue weighted by atomic mass is 16.5. The fourth-order valence-corrected chi connectivity index (χ4v) is 12.0. The van der Waals surface area contributed by atoms with E-state index in [1.807, 2.05) is 0 Å². The Kier molecular flexibility index (Phi) is 11.1. The van der Waals surface area contributed by atoms with E-state index in [-0.39, 0.29) is 26.4 Å². The van der Waals surface area contributed by atoms with E-state index in [2.05, 4.69) is 243 Å². The molecular weight excluding hydrogens is 893 g/mol. The third-order valence-electron chi connectivity index (χ3n) is 15.0. The zero-order valence-corrected chi connectivity index (χ0v) is 40.1. The molecule has 0 bridgehead atoms. The molecule has 13 rings (SSSR count). The lowest BCUT2D eigenvalue weighted by molar-refractivity contribution is 0.202. The van der Waals surface area contributed by atoms with Crippen LogP contribution in [-0.2, 0) is 5.41 Å². The molecule has 4 heteroatoms. The molecular formula is C69H50O4. The van der Waals surface area contributed by atoms with Crippen LogP contribution >= 0.6 is 0 Å². The largest absolute Gasteiger partial charge is 0.490 e. The lowest BCUT2D eigenvalue weighted by atomic mass is 9.65. The van der Waals surface area contributed by atoms with E-state index < -0.39 is 5.41 Å². The van der Waals surface area contributed by atoms with Gasteiger partial charge in [-0.2, -0.15) is 0 Å². The Balaban J connectivity index is 1.24. The van der Waals surface area contributed by atoms with Gasteiger partial charge in [0.25, 0.3) is 0 Å². The maximum Gasteiger partial charge on any atom is 0.135 e. The highest BCUT2D eigenvalue weighted by Gasteiger charge is 2.47. The Labute approximate surface area is 424 Å². The summed E-state index contributed by atoms with van der Waals surface area (Å²) < 4.78 is 13.8. The molecule has 0 spiro atoms. The first-order chi connectivity index (χ1) is 36.1. The number of ether oxygens (including phenoxy) is 2. The molecule has 1 aliphatic carbocycles. The minimum Gasteiger partial charge on any atom is -0.490 e. The molecule has 0 aromatic heterocycles. The summed E-state index contributed by atoms with van der Waals surface area (Å²) in [6.07, 6.45) is 0. The fraction of sp³-hybridized carbons (Fsp3) is 0.0725. The Morgan fingerprint density at radius 1 is 0.274 bits per heavy atom. The van der Waals surface area contributed by atoms with Crippen LogP contribution in [-0.4, -0.2) is 36.6 Å². The van der Waals surface area contributed by atoms with Gasteiger partial charge in [-0.3, -0.25) is 0 Å². The predicted molar refractivity (Wildman–Crippen MR) is 301 cm³/mol. The maximum atomic E-state index is 10.5. The molecule has 1 aliphatic rings. The van der Waals surface area contributed by atoms with Gasteiger partial charge >= 0.3 is 0 Å². The number of fused-ring (bicyclic) bond motifs is 7. The minimum absolute atomic E-state index is 0.115. The molecule has 350 valence electrons. The van der Waals surface area contributed by atoms with Gasteiger partial charge in [-0.05, 0) is 123 Å². The summed E-state index contributed by atoms with van der Waals surface area (Å²) in [5.41, 5.74) is 13.7. The summed E-state index contributed by atoms with van der Waals surface area (Å²) in [6, 6.07) is 87.4. The van der Waals surface area contributed by atoms with Crippen molar-refractivity contribution < 1.29 is 19.7 Å². The Morgan fingerprint density at radius 3 is 0.849 bits per heavy atom. The monoisotopic (exact) mass is 942 g/mol. The fourth-order valence-electron chi connectivity index (χ4n) is 12.0. The molecule has 73 heavy (non-hydrogen) atoms. The van der Waals surface area contributed by atoms with Crippen LogP contribution in [0, 0.1) is 0 Å². The molecule has 0 aliphatic heterocycles. The summed E-state index contributed by atoms with van der Waals surface area (Å²) in [6.45, 7) is -0.0580. The van der Waals surface area contributed by atoms with Gasteiger partial charge in [-0.15, -0.1) is 0 Å². The first-order valence-corrected chi connectivity index (χ1v) is 25.1. The van der Waals surface area contributed by atoms with Gasteiger partial charge in [0.05, 0.1) is 18.6 Å². The Bertz CT molecular complexity index is 3610. The first kappa shape index (κ1) is 44.2. The highest BCUT2D eigenvalue weighted by molar-refractivity contribution is 6.06.